The van der Waals surface area contributed by atoms with Crippen molar-refractivity contribution in [2.45, 2.75) is 40.0 Å². The van der Waals surface area contributed by atoms with Crippen molar-refractivity contribution in [1.82, 2.24) is 0 Å². The minimum atomic E-state index is -4.08. The van der Waals surface area contributed by atoms with Gasteiger partial charge < -0.3 is 15.6 Å². The number of esters is 3. The van der Waals surface area contributed by atoms with Crippen molar-refractivity contribution < 1.29 is 61.9 Å². The van der Waals surface area contributed by atoms with Crippen molar-refractivity contribution in [3.05, 3.63) is 24.3 Å². The van der Waals surface area contributed by atoms with Gasteiger partial charge in [-0.05, 0) is 33.1 Å². The van der Waals surface area contributed by atoms with E-state index < -0.39 is 39.2 Å². The van der Waals surface area contributed by atoms with Crippen molar-refractivity contribution in [2.24, 2.45) is 5.41 Å². The number of rotatable bonds is 13. The Bertz CT molecular complexity index is 689. The average Bonchev–Trinajstić information content (AvgIpc) is 2.59. The molecule has 0 spiro atoms. The molecular formula is C18H29LiO9S. The van der Waals surface area contributed by atoms with Crippen LogP contribution in [0.15, 0.2) is 24.3 Å². The zero-order valence-corrected chi connectivity index (χ0v) is 18.3. The summed E-state index contributed by atoms with van der Waals surface area (Å²) >= 11 is 0. The molecule has 0 aliphatic rings. The van der Waals surface area contributed by atoms with Gasteiger partial charge in [0.2, 0.25) is 0 Å². The smallest absolute Gasteiger partial charge is 1.00 e. The second kappa shape index (κ2) is 13.6. The molecule has 0 amide bonds. The summed E-state index contributed by atoms with van der Waals surface area (Å²) in [4.78, 5) is 36.0. The molecule has 0 saturated carbocycles. The third-order valence-electron chi connectivity index (χ3n) is 3.80. The minimum absolute atomic E-state index is 0. The zero-order valence-electron chi connectivity index (χ0n) is 18.5. The van der Waals surface area contributed by atoms with Crippen LogP contribution in [0.1, 0.15) is 41.5 Å². The molecule has 1 N–H and O–H groups in total. The molecular weight excluding hydrogens is 399 g/mol. The Morgan fingerprint density at radius 3 is 1.76 bits per heavy atom. The molecule has 0 saturated heterocycles. The van der Waals surface area contributed by atoms with Crippen molar-refractivity contribution in [3.8, 4) is 0 Å². The summed E-state index contributed by atoms with van der Waals surface area (Å²) in [6.45, 7) is 10.6. The third kappa shape index (κ3) is 11.9. The van der Waals surface area contributed by atoms with Gasteiger partial charge in [-0.25, -0.2) is 9.59 Å². The first-order valence-electron chi connectivity index (χ1n) is 8.62. The van der Waals surface area contributed by atoms with E-state index in [1.54, 1.807) is 6.92 Å². The number of carbonyl (C=O) groups excluding carboxylic acids is 3. The molecule has 0 aliphatic heterocycles. The Morgan fingerprint density at radius 2 is 1.41 bits per heavy atom. The van der Waals surface area contributed by atoms with Crippen LogP contribution in [0, 0.1) is 5.41 Å². The summed E-state index contributed by atoms with van der Waals surface area (Å²) in [6.07, 6.45) is 0.437. The van der Waals surface area contributed by atoms with Gasteiger partial charge in [0.15, 0.2) is 0 Å². The molecule has 0 heterocycles. The van der Waals surface area contributed by atoms with Crippen molar-refractivity contribution in [2.75, 3.05) is 25.6 Å². The quantitative estimate of drug-likeness (QED) is 0.0974. The average molecular weight is 428 g/mol. The molecule has 0 atom stereocenters. The molecule has 0 unspecified atom stereocenters. The molecule has 9 nitrogen and oxygen atoms in total. The molecule has 29 heavy (non-hydrogen) atoms. The maximum atomic E-state index is 12.6. The van der Waals surface area contributed by atoms with Gasteiger partial charge in [-0.2, -0.15) is 8.42 Å². The first-order chi connectivity index (χ1) is 12.8. The molecule has 0 aromatic rings. The van der Waals surface area contributed by atoms with Gasteiger partial charge in [-0.1, -0.05) is 20.1 Å². The summed E-state index contributed by atoms with van der Waals surface area (Å²) in [5.74, 6) is -2.61. The van der Waals surface area contributed by atoms with Gasteiger partial charge in [0.25, 0.3) is 10.1 Å². The fourth-order valence-corrected chi connectivity index (χ4v) is 2.44. The van der Waals surface area contributed by atoms with E-state index in [1.165, 1.54) is 13.8 Å². The predicted octanol–water partition coefficient (Wildman–Crippen LogP) is -1.05. The minimum Gasteiger partial charge on any atom is -1.00 e. The zero-order chi connectivity index (χ0) is 22.0. The van der Waals surface area contributed by atoms with Crippen LogP contribution >= 0.6 is 0 Å². The summed E-state index contributed by atoms with van der Waals surface area (Å²) in [6, 6.07) is 0. The van der Waals surface area contributed by atoms with E-state index in [-0.39, 0.29) is 70.5 Å². The number of unbranched alkanes of at least 4 members (excludes halogenated alkanes) is 1. The maximum absolute atomic E-state index is 12.6. The van der Waals surface area contributed by atoms with Gasteiger partial charge in [-0.3, -0.25) is 9.35 Å². The predicted molar refractivity (Wildman–Crippen MR) is 102 cm³/mol. The van der Waals surface area contributed by atoms with E-state index in [4.69, 9.17) is 18.8 Å². The number of carbonyl (C=O) groups is 3. The van der Waals surface area contributed by atoms with E-state index in [0.717, 1.165) is 0 Å². The second-order valence-corrected chi connectivity index (χ2v) is 8.05. The van der Waals surface area contributed by atoms with Crippen LogP contribution in [-0.4, -0.2) is 56.5 Å². The van der Waals surface area contributed by atoms with Gasteiger partial charge in [0, 0.05) is 11.1 Å². The van der Waals surface area contributed by atoms with Crippen LogP contribution in [0.25, 0.3) is 0 Å². The van der Waals surface area contributed by atoms with Gasteiger partial charge in [0.05, 0.1) is 12.4 Å². The van der Waals surface area contributed by atoms with Gasteiger partial charge >= 0.3 is 36.8 Å². The summed E-state index contributed by atoms with van der Waals surface area (Å²) in [5.41, 5.74) is -1.15. The summed E-state index contributed by atoms with van der Waals surface area (Å²) < 4.78 is 45.4. The number of hydrogen-bond donors (Lipinski definition) is 1. The first-order valence-corrected chi connectivity index (χ1v) is 10.2. The summed E-state index contributed by atoms with van der Waals surface area (Å²) in [5, 5.41) is 0. The van der Waals surface area contributed by atoms with Crippen molar-refractivity contribution in [3.63, 3.8) is 0 Å². The van der Waals surface area contributed by atoms with E-state index >= 15 is 0 Å². The molecule has 0 bridgehead atoms. The molecule has 0 radical (unpaired) electrons. The Balaban J connectivity index is -0.00000364. The van der Waals surface area contributed by atoms with Crippen LogP contribution in [-0.2, 0) is 38.7 Å². The maximum Gasteiger partial charge on any atom is 1.00 e. The Morgan fingerprint density at radius 1 is 0.966 bits per heavy atom. The SMILES string of the molecule is C=C(C)C(=O)OCC(CC)(COC(=O)C(=C)C)C(=O)OCCCCS(=O)(=O)O.[H-].[Li+]. The Kier molecular flexibility index (Phi) is 13.9. The van der Waals surface area contributed by atoms with E-state index in [9.17, 15) is 22.8 Å². The van der Waals surface area contributed by atoms with Crippen LogP contribution < -0.4 is 18.9 Å². The Labute approximate surface area is 185 Å². The van der Waals surface area contributed by atoms with Crippen LogP contribution in [0.4, 0.5) is 0 Å². The molecule has 11 heteroatoms. The molecule has 0 rings (SSSR count). The molecule has 0 fully saturated rings. The van der Waals surface area contributed by atoms with Gasteiger partial charge in [0.1, 0.15) is 18.6 Å². The first kappa shape index (κ1) is 29.6. The third-order valence-corrected chi connectivity index (χ3v) is 4.60. The molecule has 0 aromatic carbocycles. The van der Waals surface area contributed by atoms with Crippen molar-refractivity contribution in [1.29, 1.82) is 0 Å². The number of hydrogen-bond acceptors (Lipinski definition) is 8. The van der Waals surface area contributed by atoms with Crippen molar-refractivity contribution >= 4 is 28.0 Å². The monoisotopic (exact) mass is 428 g/mol. The molecule has 0 aromatic heterocycles. The standard InChI is InChI=1S/C18H28O9S.Li.H/c1-6-18(11-26-15(19)13(2)3,12-27-16(20)14(4)5)17(21)25-9-7-8-10-28(22,23)24;;/h2,4,6-12H2,1,3,5H3,(H,22,23,24);;/q;+1;-1. The van der Waals surface area contributed by atoms with Crippen LogP contribution in [0.3, 0.4) is 0 Å². The fourth-order valence-electron chi connectivity index (χ4n) is 1.87. The Hall–Kier alpha value is -1.60. The van der Waals surface area contributed by atoms with E-state index in [0.29, 0.717) is 0 Å². The van der Waals surface area contributed by atoms with Gasteiger partial charge in [-0.15, -0.1) is 0 Å². The normalized spacial score (nSPS) is 11.0. The van der Waals surface area contributed by atoms with Crippen LogP contribution in [0.5, 0.6) is 0 Å². The molecule has 162 valence electrons. The fraction of sp³-hybridized carbons (Fsp3) is 0.611. The van der Waals surface area contributed by atoms with E-state index in [1.807, 2.05) is 0 Å². The second-order valence-electron chi connectivity index (χ2n) is 6.48. The molecule has 0 aliphatic carbocycles. The topological polar surface area (TPSA) is 133 Å². The largest absolute Gasteiger partial charge is 1.00 e. The summed E-state index contributed by atoms with van der Waals surface area (Å²) in [7, 11) is -4.08. The van der Waals surface area contributed by atoms with Crippen LogP contribution in [0.2, 0.25) is 0 Å². The van der Waals surface area contributed by atoms with E-state index in [2.05, 4.69) is 13.2 Å². The number of ether oxygens (including phenoxy) is 3.